The van der Waals surface area contributed by atoms with Gasteiger partial charge in [0.05, 0.1) is 22.6 Å². The molecule has 5 nitrogen and oxygen atoms in total. The van der Waals surface area contributed by atoms with E-state index in [0.717, 1.165) is 34.4 Å². The first-order valence-electron chi connectivity index (χ1n) is 6.61. The zero-order valence-corrected chi connectivity index (χ0v) is 11.6. The van der Waals surface area contributed by atoms with Crippen LogP contribution in [-0.2, 0) is 13.5 Å². The minimum atomic E-state index is 0.688. The first-order valence-corrected chi connectivity index (χ1v) is 6.61. The predicted octanol–water partition coefficient (Wildman–Crippen LogP) is 2.86. The lowest BCUT2D eigenvalue weighted by atomic mass is 10.1. The van der Waals surface area contributed by atoms with Crippen LogP contribution < -0.4 is 11.1 Å². The number of para-hydroxylation sites is 1. The molecular weight excluding hydrogens is 250 g/mol. The zero-order chi connectivity index (χ0) is 14.1. The number of aryl methyl sites for hydroxylation is 2. The summed E-state index contributed by atoms with van der Waals surface area (Å²) >= 11 is 0. The van der Waals surface area contributed by atoms with Crippen molar-refractivity contribution in [2.75, 3.05) is 11.1 Å². The van der Waals surface area contributed by atoms with E-state index in [-0.39, 0.29) is 0 Å². The monoisotopic (exact) mass is 267 g/mol. The number of nitrogens with zero attached hydrogens (tertiary/aromatic N) is 3. The average molecular weight is 267 g/mol. The van der Waals surface area contributed by atoms with Crippen LogP contribution in [0, 0.1) is 0 Å². The highest BCUT2D eigenvalue weighted by atomic mass is 15.3. The molecule has 102 valence electrons. The number of aromatic nitrogens is 3. The van der Waals surface area contributed by atoms with Crippen molar-refractivity contribution in [1.82, 2.24) is 14.8 Å². The molecule has 3 rings (SSSR count). The fourth-order valence-electron chi connectivity index (χ4n) is 2.35. The van der Waals surface area contributed by atoms with E-state index in [4.69, 9.17) is 5.73 Å². The third-order valence-corrected chi connectivity index (χ3v) is 3.31. The smallest absolute Gasteiger partial charge is 0.0951 e. The Balaban J connectivity index is 2.09. The summed E-state index contributed by atoms with van der Waals surface area (Å²) in [4.78, 5) is 4.34. The fourth-order valence-corrected chi connectivity index (χ4v) is 2.35. The van der Waals surface area contributed by atoms with Crippen LogP contribution in [-0.4, -0.2) is 14.8 Å². The molecule has 2 heterocycles. The number of hydrogen-bond acceptors (Lipinski definition) is 4. The highest BCUT2D eigenvalue weighted by Gasteiger charge is 2.09. The van der Waals surface area contributed by atoms with Crippen LogP contribution >= 0.6 is 0 Å². The summed E-state index contributed by atoms with van der Waals surface area (Å²) in [7, 11) is 1.92. The molecule has 0 atom stereocenters. The Morgan fingerprint density at radius 1 is 1.25 bits per heavy atom. The first kappa shape index (κ1) is 12.5. The first-order chi connectivity index (χ1) is 9.69. The average Bonchev–Trinajstić information content (AvgIpc) is 2.80. The molecule has 0 bridgehead atoms. The number of rotatable bonds is 3. The van der Waals surface area contributed by atoms with Gasteiger partial charge in [0.2, 0.25) is 0 Å². The lowest BCUT2D eigenvalue weighted by Crippen LogP contribution is -1.96. The Bertz CT molecular complexity index is 760. The fraction of sp³-hybridized carbons (Fsp3) is 0.200. The van der Waals surface area contributed by atoms with Gasteiger partial charge in [0, 0.05) is 30.5 Å². The summed E-state index contributed by atoms with van der Waals surface area (Å²) in [6.45, 7) is 2.09. The summed E-state index contributed by atoms with van der Waals surface area (Å²) < 4.78 is 1.82. The largest absolute Gasteiger partial charge is 0.397 e. The maximum atomic E-state index is 5.97. The Labute approximate surface area is 117 Å². The quantitative estimate of drug-likeness (QED) is 0.716. The van der Waals surface area contributed by atoms with Gasteiger partial charge in [-0.05, 0) is 18.6 Å². The Kier molecular flexibility index (Phi) is 3.02. The molecule has 20 heavy (non-hydrogen) atoms. The van der Waals surface area contributed by atoms with Crippen molar-refractivity contribution in [3.63, 3.8) is 0 Å². The molecule has 0 saturated heterocycles. The van der Waals surface area contributed by atoms with E-state index < -0.39 is 0 Å². The van der Waals surface area contributed by atoms with Crippen LogP contribution in [0.2, 0.25) is 0 Å². The van der Waals surface area contributed by atoms with Gasteiger partial charge in [0.15, 0.2) is 0 Å². The molecule has 3 N–H and O–H groups in total. The number of hydrogen-bond donors (Lipinski definition) is 2. The number of benzene rings is 1. The van der Waals surface area contributed by atoms with Gasteiger partial charge in [0.1, 0.15) is 0 Å². The minimum absolute atomic E-state index is 0.688. The van der Waals surface area contributed by atoms with Gasteiger partial charge >= 0.3 is 0 Å². The number of anilines is 3. The molecule has 3 aromatic rings. The summed E-state index contributed by atoms with van der Waals surface area (Å²) in [6, 6.07) is 7.77. The lowest BCUT2D eigenvalue weighted by Gasteiger charge is -2.09. The van der Waals surface area contributed by atoms with Crippen LogP contribution in [0.5, 0.6) is 0 Å². The number of pyridine rings is 1. The number of nitrogen functional groups attached to an aromatic ring is 1. The van der Waals surface area contributed by atoms with E-state index in [9.17, 15) is 0 Å². The van der Waals surface area contributed by atoms with Crippen molar-refractivity contribution in [3.8, 4) is 0 Å². The number of nitrogens with two attached hydrogens (primary N) is 1. The third kappa shape index (κ3) is 2.07. The molecule has 0 aliphatic carbocycles. The van der Waals surface area contributed by atoms with E-state index in [0.29, 0.717) is 5.69 Å². The van der Waals surface area contributed by atoms with Crippen LogP contribution in [0.25, 0.3) is 10.9 Å². The van der Waals surface area contributed by atoms with E-state index in [1.54, 1.807) is 6.20 Å². The van der Waals surface area contributed by atoms with Gasteiger partial charge in [-0.3, -0.25) is 9.67 Å². The molecule has 2 aromatic heterocycles. The second kappa shape index (κ2) is 4.85. The number of nitrogens with one attached hydrogen (secondary N) is 1. The molecule has 1 aromatic carbocycles. The van der Waals surface area contributed by atoms with Gasteiger partial charge in [-0.25, -0.2) is 0 Å². The van der Waals surface area contributed by atoms with Crippen molar-refractivity contribution in [3.05, 3.63) is 42.4 Å². The maximum absolute atomic E-state index is 5.97. The van der Waals surface area contributed by atoms with Crippen LogP contribution in [0.4, 0.5) is 17.1 Å². The van der Waals surface area contributed by atoms with Crippen molar-refractivity contribution in [2.45, 2.75) is 13.3 Å². The summed E-state index contributed by atoms with van der Waals surface area (Å²) in [6.07, 6.45) is 4.63. The van der Waals surface area contributed by atoms with E-state index in [1.165, 1.54) is 0 Å². The summed E-state index contributed by atoms with van der Waals surface area (Å²) in [5, 5.41) is 8.88. The highest BCUT2D eigenvalue weighted by Crippen LogP contribution is 2.29. The van der Waals surface area contributed by atoms with Crippen molar-refractivity contribution >= 4 is 28.0 Å². The lowest BCUT2D eigenvalue weighted by molar-refractivity contribution is 0.746. The molecule has 0 radical (unpaired) electrons. The van der Waals surface area contributed by atoms with Gasteiger partial charge < -0.3 is 11.1 Å². The Morgan fingerprint density at radius 2 is 2.10 bits per heavy atom. The van der Waals surface area contributed by atoms with Gasteiger partial charge in [-0.15, -0.1) is 0 Å². The van der Waals surface area contributed by atoms with Crippen molar-refractivity contribution in [2.24, 2.45) is 7.05 Å². The zero-order valence-electron chi connectivity index (χ0n) is 11.6. The maximum Gasteiger partial charge on any atom is 0.0951 e. The van der Waals surface area contributed by atoms with Gasteiger partial charge in [0.25, 0.3) is 0 Å². The SMILES string of the molecule is CCc1nn(C)cc1Nc1ccnc2c(N)cccc12. The molecule has 0 aliphatic rings. The van der Waals surface area contributed by atoms with Crippen molar-refractivity contribution < 1.29 is 0 Å². The van der Waals surface area contributed by atoms with E-state index >= 15 is 0 Å². The minimum Gasteiger partial charge on any atom is -0.397 e. The standard InChI is InChI=1S/C15H17N5/c1-3-12-14(9-20(2)19-12)18-13-7-8-17-15-10(13)5-4-6-11(15)16/h4-9H,3,16H2,1-2H3,(H,17,18). The molecule has 0 saturated carbocycles. The number of fused-ring (bicyclic) bond motifs is 1. The second-order valence-corrected chi connectivity index (χ2v) is 4.74. The van der Waals surface area contributed by atoms with Crippen molar-refractivity contribution in [1.29, 1.82) is 0 Å². The highest BCUT2D eigenvalue weighted by molar-refractivity contribution is 5.98. The topological polar surface area (TPSA) is 68.8 Å². The normalized spacial score (nSPS) is 10.9. The summed E-state index contributed by atoms with van der Waals surface area (Å²) in [5.41, 5.74) is 10.5. The van der Waals surface area contributed by atoms with E-state index in [2.05, 4.69) is 22.3 Å². The molecule has 0 fully saturated rings. The molecule has 0 spiro atoms. The van der Waals surface area contributed by atoms with Crippen LogP contribution in [0.15, 0.2) is 36.7 Å². The molecule has 0 aliphatic heterocycles. The van der Waals surface area contributed by atoms with Crippen LogP contribution in [0.3, 0.4) is 0 Å². The Morgan fingerprint density at radius 3 is 2.90 bits per heavy atom. The molecular formula is C15H17N5. The van der Waals surface area contributed by atoms with E-state index in [1.807, 2.05) is 42.2 Å². The molecule has 0 amide bonds. The predicted molar refractivity (Wildman–Crippen MR) is 82.0 cm³/mol. The second-order valence-electron chi connectivity index (χ2n) is 4.74. The van der Waals surface area contributed by atoms with Gasteiger partial charge in [-0.2, -0.15) is 5.10 Å². The molecule has 0 unspecified atom stereocenters. The van der Waals surface area contributed by atoms with Crippen LogP contribution in [0.1, 0.15) is 12.6 Å². The summed E-state index contributed by atoms with van der Waals surface area (Å²) in [5.74, 6) is 0. The third-order valence-electron chi connectivity index (χ3n) is 3.31. The molecule has 5 heteroatoms. The Hall–Kier alpha value is -2.56. The van der Waals surface area contributed by atoms with Gasteiger partial charge in [-0.1, -0.05) is 19.1 Å².